The van der Waals surface area contributed by atoms with Crippen LogP contribution in [0, 0.1) is 11.7 Å². The molecule has 1 saturated carbocycles. The number of hydrogen-bond acceptors (Lipinski definition) is 4. The maximum absolute atomic E-state index is 14.3. The van der Waals surface area contributed by atoms with E-state index in [9.17, 15) is 12.8 Å². The first kappa shape index (κ1) is 16.2. The normalized spacial score (nSPS) is 22.5. The van der Waals surface area contributed by atoms with Crippen LogP contribution in [-0.4, -0.2) is 27.5 Å². The summed E-state index contributed by atoms with van der Waals surface area (Å²) in [5.74, 6) is -0.215. The van der Waals surface area contributed by atoms with E-state index >= 15 is 0 Å². The van der Waals surface area contributed by atoms with Crippen LogP contribution in [0.3, 0.4) is 0 Å². The zero-order valence-corrected chi connectivity index (χ0v) is 12.9. The molecule has 1 aromatic carbocycles. The molecular formula is C14H22FN3O2S. The topological polar surface area (TPSA) is 89.4 Å². The van der Waals surface area contributed by atoms with Gasteiger partial charge in [-0.15, -0.1) is 0 Å². The van der Waals surface area contributed by atoms with Crippen molar-refractivity contribution < 1.29 is 12.8 Å². The molecule has 2 atom stereocenters. The molecule has 1 aromatic rings. The maximum Gasteiger partial charge on any atom is 0.238 e. The Morgan fingerprint density at radius 3 is 2.62 bits per heavy atom. The van der Waals surface area contributed by atoms with Crippen molar-refractivity contribution >= 4 is 15.7 Å². The quantitative estimate of drug-likeness (QED) is 0.860. The van der Waals surface area contributed by atoms with Crippen molar-refractivity contribution in [2.45, 2.75) is 37.1 Å². The van der Waals surface area contributed by atoms with Crippen LogP contribution in [0.1, 0.15) is 26.2 Å². The van der Waals surface area contributed by atoms with Gasteiger partial charge in [0, 0.05) is 12.6 Å². The fourth-order valence-electron chi connectivity index (χ4n) is 3.18. The number of benzene rings is 1. The molecule has 0 amide bonds. The average Bonchev–Trinajstić information content (AvgIpc) is 2.88. The molecule has 7 heteroatoms. The summed E-state index contributed by atoms with van der Waals surface area (Å²) in [6, 6.07) is 4.03. The smallest absolute Gasteiger partial charge is 0.238 e. The zero-order valence-electron chi connectivity index (χ0n) is 12.1. The largest absolute Gasteiger partial charge is 0.366 e. The van der Waals surface area contributed by atoms with Gasteiger partial charge in [0.05, 0.1) is 10.6 Å². The minimum atomic E-state index is -3.89. The van der Waals surface area contributed by atoms with Gasteiger partial charge in [0.25, 0.3) is 0 Å². The highest BCUT2D eigenvalue weighted by molar-refractivity contribution is 7.89. The second kappa shape index (κ2) is 6.29. The van der Waals surface area contributed by atoms with E-state index in [1.807, 2.05) is 11.8 Å². The van der Waals surface area contributed by atoms with E-state index in [4.69, 9.17) is 10.9 Å². The van der Waals surface area contributed by atoms with Gasteiger partial charge >= 0.3 is 0 Å². The summed E-state index contributed by atoms with van der Waals surface area (Å²) >= 11 is 0. The van der Waals surface area contributed by atoms with Crippen LogP contribution in [0.4, 0.5) is 10.1 Å². The first-order chi connectivity index (χ1) is 9.88. The van der Waals surface area contributed by atoms with Crippen LogP contribution >= 0.6 is 0 Å². The third-order valence-corrected chi connectivity index (χ3v) is 5.13. The fraction of sp³-hybridized carbons (Fsp3) is 0.571. The van der Waals surface area contributed by atoms with Crippen LogP contribution in [0.25, 0.3) is 0 Å². The van der Waals surface area contributed by atoms with Crippen molar-refractivity contribution in [3.05, 3.63) is 24.0 Å². The number of hydrogen-bond donors (Lipinski definition) is 2. The van der Waals surface area contributed by atoms with Crippen molar-refractivity contribution in [3.8, 4) is 0 Å². The number of sulfonamides is 1. The molecule has 1 aliphatic carbocycles. The standard InChI is InChI=1S/C14H22FN3O2S/c1-2-18(13-5-3-4-10(13)9-16)14-7-6-11(8-12(14)15)21(17,19)20/h6-8,10,13H,2-5,9,16H2,1H3,(H2,17,19,20). The van der Waals surface area contributed by atoms with Crippen LogP contribution in [-0.2, 0) is 10.0 Å². The molecule has 4 N–H and O–H groups in total. The minimum absolute atomic E-state index is 0.204. The van der Waals surface area contributed by atoms with Gasteiger partial charge in [-0.2, -0.15) is 0 Å². The van der Waals surface area contributed by atoms with Gasteiger partial charge in [0.15, 0.2) is 0 Å². The van der Waals surface area contributed by atoms with Crippen LogP contribution < -0.4 is 15.8 Å². The van der Waals surface area contributed by atoms with Crippen molar-refractivity contribution in [2.24, 2.45) is 16.8 Å². The Kier molecular flexibility index (Phi) is 4.85. The average molecular weight is 315 g/mol. The number of nitrogens with zero attached hydrogens (tertiary/aromatic N) is 1. The van der Waals surface area contributed by atoms with Crippen LogP contribution in [0.15, 0.2) is 23.1 Å². The van der Waals surface area contributed by atoms with E-state index < -0.39 is 15.8 Å². The molecule has 0 aromatic heterocycles. The molecule has 0 saturated heterocycles. The molecule has 0 radical (unpaired) electrons. The molecule has 2 unspecified atom stereocenters. The first-order valence-corrected chi connectivity index (χ1v) is 8.72. The first-order valence-electron chi connectivity index (χ1n) is 7.17. The molecule has 5 nitrogen and oxygen atoms in total. The summed E-state index contributed by atoms with van der Waals surface area (Å²) < 4.78 is 36.9. The number of rotatable bonds is 5. The van der Waals surface area contributed by atoms with Crippen molar-refractivity contribution in [2.75, 3.05) is 18.0 Å². The Bertz CT molecular complexity index is 606. The highest BCUT2D eigenvalue weighted by atomic mass is 32.2. The zero-order chi connectivity index (χ0) is 15.6. The predicted octanol–water partition coefficient (Wildman–Crippen LogP) is 1.43. The van der Waals surface area contributed by atoms with E-state index in [2.05, 4.69) is 0 Å². The Balaban J connectivity index is 2.35. The third kappa shape index (κ3) is 3.36. The molecular weight excluding hydrogens is 293 g/mol. The second-order valence-electron chi connectivity index (χ2n) is 5.44. The van der Waals surface area contributed by atoms with Gasteiger partial charge in [-0.3, -0.25) is 0 Å². The number of anilines is 1. The Morgan fingerprint density at radius 1 is 1.38 bits per heavy atom. The van der Waals surface area contributed by atoms with Crippen molar-refractivity contribution in [1.29, 1.82) is 0 Å². The van der Waals surface area contributed by atoms with E-state index in [0.717, 1.165) is 25.3 Å². The number of nitrogens with two attached hydrogens (primary N) is 2. The number of primary sulfonamides is 1. The molecule has 1 fully saturated rings. The summed E-state index contributed by atoms with van der Waals surface area (Å²) in [6.45, 7) is 3.18. The summed E-state index contributed by atoms with van der Waals surface area (Å²) in [6.07, 6.45) is 3.11. The summed E-state index contributed by atoms with van der Waals surface area (Å²) in [5, 5.41) is 5.03. The lowest BCUT2D eigenvalue weighted by Gasteiger charge is -2.34. The second-order valence-corrected chi connectivity index (χ2v) is 7.00. The molecule has 0 heterocycles. The SMILES string of the molecule is CCN(c1ccc(S(N)(=O)=O)cc1F)C1CCCC1CN. The predicted molar refractivity (Wildman–Crippen MR) is 81.0 cm³/mol. The summed E-state index contributed by atoms with van der Waals surface area (Å²) in [4.78, 5) is 1.77. The van der Waals surface area contributed by atoms with E-state index in [-0.39, 0.29) is 10.9 Å². The Morgan fingerprint density at radius 2 is 2.10 bits per heavy atom. The molecule has 0 aliphatic heterocycles. The lowest BCUT2D eigenvalue weighted by atomic mass is 10.0. The van der Waals surface area contributed by atoms with E-state index in [1.54, 1.807) is 0 Å². The van der Waals surface area contributed by atoms with E-state index in [0.29, 0.717) is 24.7 Å². The van der Waals surface area contributed by atoms with Gasteiger partial charge in [0.2, 0.25) is 10.0 Å². The minimum Gasteiger partial charge on any atom is -0.366 e. The Labute approximate surface area is 125 Å². The molecule has 1 aliphatic rings. The molecule has 0 bridgehead atoms. The summed E-state index contributed by atoms with van der Waals surface area (Å²) in [5.41, 5.74) is 6.21. The molecule has 21 heavy (non-hydrogen) atoms. The fourth-order valence-corrected chi connectivity index (χ4v) is 3.71. The monoisotopic (exact) mass is 315 g/mol. The van der Waals surface area contributed by atoms with Gasteiger partial charge < -0.3 is 10.6 Å². The maximum atomic E-state index is 14.3. The number of halogens is 1. The lowest BCUT2D eigenvalue weighted by molar-refractivity contribution is 0.456. The van der Waals surface area contributed by atoms with Gasteiger partial charge in [-0.1, -0.05) is 6.42 Å². The van der Waals surface area contributed by atoms with Gasteiger partial charge in [0.1, 0.15) is 5.82 Å². The van der Waals surface area contributed by atoms with Gasteiger partial charge in [-0.25, -0.2) is 17.9 Å². The third-order valence-electron chi connectivity index (χ3n) is 4.22. The van der Waals surface area contributed by atoms with Crippen molar-refractivity contribution in [3.63, 3.8) is 0 Å². The summed E-state index contributed by atoms with van der Waals surface area (Å²) in [7, 11) is -3.89. The van der Waals surface area contributed by atoms with E-state index in [1.165, 1.54) is 12.1 Å². The van der Waals surface area contributed by atoms with Crippen LogP contribution in [0.2, 0.25) is 0 Å². The molecule has 2 rings (SSSR count). The van der Waals surface area contributed by atoms with Gasteiger partial charge in [-0.05, 0) is 50.4 Å². The van der Waals surface area contributed by atoms with Crippen molar-refractivity contribution in [1.82, 2.24) is 0 Å². The molecule has 118 valence electrons. The molecule has 0 spiro atoms. The van der Waals surface area contributed by atoms with Crippen LogP contribution in [0.5, 0.6) is 0 Å². The lowest BCUT2D eigenvalue weighted by Crippen LogP contribution is -2.40. The highest BCUT2D eigenvalue weighted by Gasteiger charge is 2.31. The highest BCUT2D eigenvalue weighted by Crippen LogP contribution is 2.34. The Hall–Kier alpha value is -1.18.